The summed E-state index contributed by atoms with van der Waals surface area (Å²) in [6.45, 7) is -7.65. The summed E-state index contributed by atoms with van der Waals surface area (Å²) in [5.74, 6) is -0.0597. The van der Waals surface area contributed by atoms with Crippen molar-refractivity contribution in [2.45, 2.75) is 37.3 Å². The monoisotopic (exact) mass is 680 g/mol. The predicted octanol–water partition coefficient (Wildman–Crippen LogP) is 2.67. The van der Waals surface area contributed by atoms with Crippen LogP contribution in [0, 0.1) is 11.8 Å². The maximum atomic E-state index is 13.3. The Hall–Kier alpha value is -2.57. The Labute approximate surface area is 259 Å². The highest BCUT2D eigenvalue weighted by Gasteiger charge is 2.47. The molecule has 8 rings (SSSR count). The molecule has 232 valence electrons. The van der Waals surface area contributed by atoms with Gasteiger partial charge in [0.25, 0.3) is 0 Å². The van der Waals surface area contributed by atoms with Gasteiger partial charge in [0.1, 0.15) is 30.5 Å². The smallest absolute Gasteiger partial charge is 0.382 e. The van der Waals surface area contributed by atoms with E-state index in [0.29, 0.717) is 34.4 Å². The van der Waals surface area contributed by atoms with E-state index in [1.807, 2.05) is 4.57 Å². The number of thiol groups is 1. The van der Waals surface area contributed by atoms with Gasteiger partial charge in [-0.25, -0.2) is 34.5 Å². The van der Waals surface area contributed by atoms with Crippen molar-refractivity contribution >= 4 is 71.4 Å². The molecule has 21 heteroatoms. The second-order valence-corrected chi connectivity index (χ2v) is 16.6. The second kappa shape index (κ2) is 10.8. The number of anilines is 1. The Morgan fingerprint density at radius 3 is 2.59 bits per heavy atom. The number of nitrogens with two attached hydrogens (primary N) is 1. The number of aromatic nitrogens is 9. The number of nitrogen functional groups attached to an aromatic ring is 1. The molecule has 7 heterocycles. The van der Waals surface area contributed by atoms with E-state index in [2.05, 4.69) is 42.2 Å². The normalized spacial score (nSPS) is 35.0. The van der Waals surface area contributed by atoms with Crippen LogP contribution < -0.4 is 5.73 Å². The predicted molar refractivity (Wildman–Crippen MR) is 161 cm³/mol. The van der Waals surface area contributed by atoms with Crippen LogP contribution >= 0.6 is 25.8 Å². The SMILES string of the molecule is Nc1ncnc2c1ncn2[C@@H]1C[C@@H]2COP(O)(=S)O[C@H]3C[C@H](n4cnc5c4ncn4ccnc54)O[C@@H]3COP(=O)(S)OC[C@H]21. The molecule has 0 amide bonds. The molecule has 2 aliphatic heterocycles. The average molecular weight is 681 g/mol. The number of hydrogen-bond acceptors (Lipinski definition) is 14. The molecule has 2 unspecified atom stereocenters. The minimum atomic E-state index is -3.84. The van der Waals surface area contributed by atoms with Crippen LogP contribution in [0.5, 0.6) is 0 Å². The largest absolute Gasteiger partial charge is 0.386 e. The van der Waals surface area contributed by atoms with Crippen LogP contribution in [0.25, 0.3) is 28.0 Å². The first-order valence-corrected chi connectivity index (χ1v) is 18.9. The van der Waals surface area contributed by atoms with Gasteiger partial charge in [0.15, 0.2) is 28.3 Å². The van der Waals surface area contributed by atoms with Gasteiger partial charge in [-0.3, -0.25) is 13.5 Å². The first kappa shape index (κ1) is 28.9. The van der Waals surface area contributed by atoms with Crippen LogP contribution in [0.15, 0.2) is 37.7 Å². The van der Waals surface area contributed by atoms with Crippen molar-refractivity contribution < 1.29 is 32.3 Å². The number of hydrogen-bond donors (Lipinski definition) is 3. The molecule has 0 aromatic carbocycles. The van der Waals surface area contributed by atoms with Crippen LogP contribution in [0.2, 0.25) is 0 Å². The van der Waals surface area contributed by atoms with E-state index in [-0.39, 0.29) is 49.9 Å². The Morgan fingerprint density at radius 1 is 0.909 bits per heavy atom. The van der Waals surface area contributed by atoms with Crippen LogP contribution in [0.1, 0.15) is 25.1 Å². The molecule has 3 fully saturated rings. The van der Waals surface area contributed by atoms with Crippen molar-refractivity contribution in [3.63, 3.8) is 0 Å². The maximum absolute atomic E-state index is 13.3. The Balaban J connectivity index is 1.03. The van der Waals surface area contributed by atoms with Gasteiger partial charge in [-0.1, -0.05) is 12.2 Å². The fourth-order valence-corrected chi connectivity index (χ4v) is 8.80. The highest BCUT2D eigenvalue weighted by molar-refractivity contribution is 8.44. The molecule has 3 aliphatic rings. The minimum absolute atomic E-state index is 0.0292. The van der Waals surface area contributed by atoms with Crippen LogP contribution in [0.3, 0.4) is 0 Å². The van der Waals surface area contributed by atoms with E-state index < -0.39 is 32.0 Å². The Bertz CT molecular complexity index is 1990. The highest BCUT2D eigenvalue weighted by atomic mass is 32.7. The van der Waals surface area contributed by atoms with E-state index in [1.165, 1.54) is 6.33 Å². The molecule has 2 saturated heterocycles. The standard InChI is InChI=1S/C23H26N10O7P2S2/c24-20-18-22(27-8-26-20)32(10-28-18)14-3-12-5-36-42(35,44)40-15-4-17(39-16(15)7-38-41(34,43)37-6-13(12)14)33-11-29-19-21-25-1-2-31(21)9-30-23(19)33/h1-2,8-17H,3-7H2,(H,34,43)(H,35,44)(H2,24,26,27)/t12-,13-,14-,15+,16-,17-,41?,42?/m1/s1. The van der Waals surface area contributed by atoms with Gasteiger partial charge in [0.2, 0.25) is 0 Å². The molecule has 1 aliphatic carbocycles. The summed E-state index contributed by atoms with van der Waals surface area (Å²) in [5, 5.41) is 0. The zero-order valence-corrected chi connectivity index (χ0v) is 26.2. The fraction of sp³-hybridized carbons (Fsp3) is 0.478. The lowest BCUT2D eigenvalue weighted by molar-refractivity contribution is -0.0375. The highest BCUT2D eigenvalue weighted by Crippen LogP contribution is 2.58. The van der Waals surface area contributed by atoms with Crippen LogP contribution in [0.4, 0.5) is 5.82 Å². The second-order valence-electron chi connectivity index (χ2n) is 10.9. The molecule has 5 aromatic rings. The van der Waals surface area contributed by atoms with Crippen molar-refractivity contribution in [2.24, 2.45) is 11.8 Å². The molecule has 3 N–H and O–H groups in total. The minimum Gasteiger partial charge on any atom is -0.382 e. The van der Waals surface area contributed by atoms with Crippen molar-refractivity contribution in [2.75, 3.05) is 25.6 Å². The van der Waals surface area contributed by atoms with Gasteiger partial charge < -0.3 is 33.5 Å². The lowest BCUT2D eigenvalue weighted by atomic mass is 9.70. The fourth-order valence-electron chi connectivity index (χ4n) is 6.12. The van der Waals surface area contributed by atoms with E-state index in [4.69, 9.17) is 40.4 Å². The number of fused-ring (bicyclic) bond motifs is 6. The maximum Gasteiger partial charge on any atom is 0.386 e. The summed E-state index contributed by atoms with van der Waals surface area (Å²) >= 11 is 9.65. The van der Waals surface area contributed by atoms with Crippen molar-refractivity contribution in [1.29, 1.82) is 0 Å². The topological polar surface area (TPSA) is 201 Å². The lowest BCUT2D eigenvalue weighted by Gasteiger charge is -2.45. The van der Waals surface area contributed by atoms with Gasteiger partial charge >= 0.3 is 13.5 Å². The molecule has 0 radical (unpaired) electrons. The zero-order valence-electron chi connectivity index (χ0n) is 22.7. The van der Waals surface area contributed by atoms with E-state index in [0.717, 1.165) is 0 Å². The summed E-state index contributed by atoms with van der Waals surface area (Å²) in [6.07, 6.45) is 8.42. The molecule has 5 aromatic heterocycles. The number of ether oxygens (including phenoxy) is 1. The third-order valence-electron chi connectivity index (χ3n) is 8.38. The van der Waals surface area contributed by atoms with Gasteiger partial charge in [0.05, 0.1) is 38.6 Å². The first-order valence-electron chi connectivity index (χ1n) is 13.7. The van der Waals surface area contributed by atoms with E-state index >= 15 is 0 Å². The summed E-state index contributed by atoms with van der Waals surface area (Å²) in [5.41, 5.74) is 8.82. The summed E-state index contributed by atoms with van der Waals surface area (Å²) in [6, 6.07) is -0.135. The van der Waals surface area contributed by atoms with Crippen LogP contribution in [-0.4, -0.2) is 80.4 Å². The van der Waals surface area contributed by atoms with E-state index in [9.17, 15) is 9.46 Å². The Morgan fingerprint density at radius 2 is 1.70 bits per heavy atom. The van der Waals surface area contributed by atoms with Gasteiger partial charge in [0, 0.05) is 30.8 Å². The number of imidazole rings is 3. The Kier molecular flexibility index (Phi) is 7.06. The van der Waals surface area contributed by atoms with Gasteiger partial charge in [-0.05, 0) is 24.1 Å². The molecule has 1 saturated carbocycles. The molecular formula is C23H26N10O7P2S2. The zero-order chi connectivity index (χ0) is 30.2. The molecule has 0 bridgehead atoms. The number of rotatable bonds is 2. The first-order chi connectivity index (χ1) is 21.2. The van der Waals surface area contributed by atoms with Gasteiger partial charge in [-0.2, -0.15) is 0 Å². The third kappa shape index (κ3) is 5.05. The van der Waals surface area contributed by atoms with Crippen molar-refractivity contribution in [3.05, 3.63) is 37.7 Å². The van der Waals surface area contributed by atoms with Crippen molar-refractivity contribution in [1.82, 2.24) is 43.4 Å². The molecular weight excluding hydrogens is 654 g/mol. The lowest BCUT2D eigenvalue weighted by Crippen LogP contribution is -2.43. The van der Waals surface area contributed by atoms with E-state index in [1.54, 1.807) is 40.3 Å². The van der Waals surface area contributed by atoms with Gasteiger partial charge in [-0.15, -0.1) is 0 Å². The quantitative estimate of drug-likeness (QED) is 0.181. The molecule has 8 atom stereocenters. The molecule has 44 heavy (non-hydrogen) atoms. The average Bonchev–Trinajstić information content (AvgIpc) is 3.76. The van der Waals surface area contributed by atoms with Crippen LogP contribution in [-0.2, 0) is 39.2 Å². The van der Waals surface area contributed by atoms with Crippen molar-refractivity contribution in [3.8, 4) is 0 Å². The third-order valence-corrected chi connectivity index (χ3v) is 11.6. The molecule has 17 nitrogen and oxygen atoms in total. The summed E-state index contributed by atoms with van der Waals surface area (Å²) in [4.78, 5) is 37.1. The summed E-state index contributed by atoms with van der Waals surface area (Å²) in [7, 11) is 0. The molecule has 0 spiro atoms. The number of nitrogens with zero attached hydrogens (tertiary/aromatic N) is 9. The summed E-state index contributed by atoms with van der Waals surface area (Å²) < 4.78 is 48.3.